The normalized spacial score (nSPS) is 12.7. The summed E-state index contributed by atoms with van der Waals surface area (Å²) in [5, 5.41) is 1.98. The predicted molar refractivity (Wildman–Crippen MR) is 314 cm³/mol. The SMILES string of the molecule is CC(C)c1cc(-c2ccc(C(C)(C)C)cc2)cc(C(C)C)c1-n1c(-c2[c-]ccc3c2oc2cc4c(cc23)Oc2cccc3c2B4c2ccccc2O3)nc2ccccc21.[CH3][Ge]([CH3])([CH3])[c]1ccc(-c2[c-]cc(F)cc2)nc1.[Ir]. The number of hydrogen-bond acceptors (Lipinski definition) is 5. The number of benzene rings is 8. The molecule has 3 aromatic heterocycles. The Labute approximate surface area is 467 Å². The summed E-state index contributed by atoms with van der Waals surface area (Å²) < 4.78 is 36.6. The zero-order valence-electron chi connectivity index (χ0n) is 45.1. The van der Waals surface area contributed by atoms with Gasteiger partial charge in [-0.2, -0.15) is 0 Å². The maximum absolute atomic E-state index is 12.8. The van der Waals surface area contributed by atoms with E-state index in [-0.39, 0.29) is 49.9 Å². The van der Waals surface area contributed by atoms with Gasteiger partial charge in [-0.1, -0.05) is 120 Å². The van der Waals surface area contributed by atoms with E-state index < -0.39 is 13.3 Å². The van der Waals surface area contributed by atoms with Crippen LogP contribution in [0, 0.1) is 17.9 Å². The summed E-state index contributed by atoms with van der Waals surface area (Å²) in [6, 6.07) is 60.2. The number of imidazole rings is 1. The van der Waals surface area contributed by atoms with Crippen LogP contribution >= 0.6 is 0 Å². The first-order valence-electron chi connectivity index (χ1n) is 26.4. The van der Waals surface area contributed by atoms with Gasteiger partial charge in [0.1, 0.15) is 28.6 Å². The quantitative estimate of drug-likeness (QED) is 0.118. The summed E-state index contributed by atoms with van der Waals surface area (Å²) in [4.78, 5) is 9.84. The number of ether oxygens (including phenoxy) is 2. The van der Waals surface area contributed by atoms with E-state index >= 15 is 0 Å². The number of para-hydroxylation sites is 3. The van der Waals surface area contributed by atoms with Crippen LogP contribution in [0.25, 0.3) is 72.4 Å². The molecule has 13 rings (SSSR count). The third-order valence-corrected chi connectivity index (χ3v) is 19.3. The van der Waals surface area contributed by atoms with E-state index in [1.807, 2.05) is 48.7 Å². The second-order valence-electron chi connectivity index (χ2n) is 22.9. The molecule has 77 heavy (non-hydrogen) atoms. The van der Waals surface area contributed by atoms with Crippen molar-refractivity contribution in [2.24, 2.45) is 0 Å². The predicted octanol–water partition coefficient (Wildman–Crippen LogP) is 15.6. The number of pyridine rings is 1. The van der Waals surface area contributed by atoms with Crippen molar-refractivity contribution in [3.63, 3.8) is 0 Å². The first-order valence-corrected chi connectivity index (χ1v) is 33.7. The number of aromatic nitrogens is 3. The molecule has 8 aromatic carbocycles. The fourth-order valence-corrected chi connectivity index (χ4v) is 13.1. The molecule has 6 nitrogen and oxygen atoms in total. The van der Waals surface area contributed by atoms with Gasteiger partial charge in [0.05, 0.1) is 22.4 Å². The van der Waals surface area contributed by atoms with Crippen LogP contribution in [0.5, 0.6) is 23.0 Å². The van der Waals surface area contributed by atoms with E-state index in [4.69, 9.17) is 18.9 Å². The van der Waals surface area contributed by atoms with Gasteiger partial charge in [-0.25, -0.2) is 0 Å². The minimum absolute atomic E-state index is 0. The summed E-state index contributed by atoms with van der Waals surface area (Å²) in [5.74, 6) is 11.3. The molecule has 0 saturated carbocycles. The second kappa shape index (κ2) is 20.1. The Morgan fingerprint density at radius 2 is 1.35 bits per heavy atom. The molecule has 0 fully saturated rings. The average molecular weight is 1250 g/mol. The molecule has 0 saturated heterocycles. The van der Waals surface area contributed by atoms with Gasteiger partial charge < -0.3 is 18.5 Å². The van der Waals surface area contributed by atoms with Crippen molar-refractivity contribution >= 4 is 73.7 Å². The van der Waals surface area contributed by atoms with Crippen molar-refractivity contribution in [1.29, 1.82) is 0 Å². The molecule has 2 aliphatic rings. The standard InChI is InChI=1S/C53H44BN2O3.C14H15FGeN.Ir/c1-30(2)37-26-33(32-22-24-34(25-23-32)53(5,6)7)27-38(31(3)4)50(37)56-43-18-10-9-17-42(43)55-52(56)36-15-12-14-35-39-28-48-41(29-47(39)59-51(35)36)54-40-16-8-11-19-44(40)57-45-20-13-21-46(58-48)49(45)54;1-16(2,3)13-8-9-14(17-10-13)11-4-6-12(15)7-5-11;/h8-14,16-31H,1-7H3;4,6-10H,1-3H3;/q2*-1;. The van der Waals surface area contributed by atoms with Crippen molar-refractivity contribution in [1.82, 2.24) is 14.5 Å². The molecule has 2 aliphatic heterocycles. The zero-order valence-corrected chi connectivity index (χ0v) is 49.6. The van der Waals surface area contributed by atoms with Crippen molar-refractivity contribution < 1.29 is 38.4 Å². The van der Waals surface area contributed by atoms with Crippen LogP contribution < -0.4 is 30.3 Å². The summed E-state index contributed by atoms with van der Waals surface area (Å²) in [5.41, 5.74) is 16.8. The van der Waals surface area contributed by atoms with E-state index in [0.717, 1.165) is 95.0 Å². The summed E-state index contributed by atoms with van der Waals surface area (Å²) in [7, 11) is 0. The van der Waals surface area contributed by atoms with E-state index in [2.05, 4.69) is 184 Å². The minimum atomic E-state index is -1.79. The van der Waals surface area contributed by atoms with E-state index in [1.165, 1.54) is 50.0 Å². The van der Waals surface area contributed by atoms with Gasteiger partial charge >= 0.3 is 104 Å². The Hall–Kier alpha value is -7.03. The summed E-state index contributed by atoms with van der Waals surface area (Å²) in [6.45, 7) is 15.9. The third-order valence-electron chi connectivity index (χ3n) is 15.0. The minimum Gasteiger partial charge on any atom is 0 e. The van der Waals surface area contributed by atoms with E-state index in [9.17, 15) is 4.39 Å². The second-order valence-corrected chi connectivity index (χ2v) is 33.6. The number of nitrogens with zero attached hydrogens (tertiary/aromatic N) is 3. The molecule has 0 spiro atoms. The third kappa shape index (κ3) is 9.44. The van der Waals surface area contributed by atoms with Crippen LogP contribution in [-0.4, -0.2) is 34.5 Å². The molecular weight excluding hydrogens is 1190 g/mol. The Bertz CT molecular complexity index is 4010. The van der Waals surface area contributed by atoms with Crippen molar-refractivity contribution in [2.45, 2.75) is 83.0 Å². The smallest absolute Gasteiger partial charge is 0 e. The molecule has 1 radical (unpaired) electrons. The number of hydrogen-bond donors (Lipinski definition) is 0. The van der Waals surface area contributed by atoms with Crippen LogP contribution in [0.3, 0.4) is 0 Å². The molecule has 0 bridgehead atoms. The number of rotatable bonds is 7. The van der Waals surface area contributed by atoms with Gasteiger partial charge in [0, 0.05) is 36.6 Å². The Balaban J connectivity index is 0.000000300. The van der Waals surface area contributed by atoms with Crippen LogP contribution in [-0.2, 0) is 25.5 Å². The molecule has 0 amide bonds. The topological polar surface area (TPSA) is 62.3 Å². The zero-order chi connectivity index (χ0) is 52.8. The molecule has 5 heterocycles. The molecule has 0 aliphatic carbocycles. The van der Waals surface area contributed by atoms with Gasteiger partial charge in [0.15, 0.2) is 0 Å². The molecule has 385 valence electrons. The largest absolute Gasteiger partial charge is 0 e. The molecule has 0 N–H and O–H groups in total. The van der Waals surface area contributed by atoms with E-state index in [1.54, 1.807) is 6.07 Å². The van der Waals surface area contributed by atoms with Crippen molar-refractivity contribution in [3.05, 3.63) is 199 Å². The first kappa shape index (κ1) is 52.0. The maximum Gasteiger partial charge on any atom is 0 e. The molecular formula is C67H59BFGeIrN3O3-2. The molecule has 0 unspecified atom stereocenters. The van der Waals surface area contributed by atoms with Gasteiger partial charge in [0.25, 0.3) is 6.71 Å². The van der Waals surface area contributed by atoms with Gasteiger partial charge in [-0.05, 0) is 111 Å². The van der Waals surface area contributed by atoms with Crippen LogP contribution in [0.15, 0.2) is 168 Å². The van der Waals surface area contributed by atoms with Crippen molar-refractivity contribution in [2.75, 3.05) is 0 Å². The number of furan rings is 1. The number of fused-ring (bicyclic) bond motifs is 8. The molecule has 0 atom stereocenters. The first-order chi connectivity index (χ1) is 36.5. The average Bonchev–Trinajstić information content (AvgIpc) is 4.09. The maximum atomic E-state index is 12.8. The fourth-order valence-electron chi connectivity index (χ4n) is 10.9. The monoisotopic (exact) mass is 1250 g/mol. The summed E-state index contributed by atoms with van der Waals surface area (Å²) >= 11 is -1.79. The van der Waals surface area contributed by atoms with Crippen LogP contribution in [0.1, 0.15) is 77.0 Å². The van der Waals surface area contributed by atoms with Crippen molar-refractivity contribution in [3.8, 4) is 62.5 Å². The summed E-state index contributed by atoms with van der Waals surface area (Å²) in [6.07, 6.45) is 1.95. The Kier molecular flexibility index (Phi) is 13.6. The van der Waals surface area contributed by atoms with Crippen LogP contribution in [0.2, 0.25) is 17.3 Å². The van der Waals surface area contributed by atoms with Gasteiger partial charge in [-0.3, -0.25) is 4.98 Å². The Morgan fingerprint density at radius 3 is 2.01 bits per heavy atom. The molecule has 10 heteroatoms. The fraction of sp³-hybridized carbons (Fsp3) is 0.194. The Morgan fingerprint density at radius 1 is 0.662 bits per heavy atom. The van der Waals surface area contributed by atoms with Crippen LogP contribution in [0.4, 0.5) is 4.39 Å². The van der Waals surface area contributed by atoms with Gasteiger partial charge in [0.2, 0.25) is 0 Å². The van der Waals surface area contributed by atoms with Gasteiger partial charge in [-0.15, -0.1) is 18.2 Å². The molecule has 11 aromatic rings. The van der Waals surface area contributed by atoms with E-state index in [0.29, 0.717) is 0 Å². The number of halogens is 1.